The minimum Gasteiger partial charge on any atom is -0.324 e. The van der Waals surface area contributed by atoms with Crippen molar-refractivity contribution in [3.05, 3.63) is 51.3 Å². The second-order valence-corrected chi connectivity index (χ2v) is 4.98. The van der Waals surface area contributed by atoms with Gasteiger partial charge in [0.15, 0.2) is 0 Å². The molecule has 0 unspecified atom stereocenters. The molecule has 0 spiro atoms. The van der Waals surface area contributed by atoms with Crippen LogP contribution in [0.5, 0.6) is 0 Å². The summed E-state index contributed by atoms with van der Waals surface area (Å²) in [5, 5.41) is 17.2. The van der Waals surface area contributed by atoms with Gasteiger partial charge in [0.1, 0.15) is 0 Å². The third-order valence-corrected chi connectivity index (χ3v) is 3.47. The maximum absolute atomic E-state index is 10.8. The van der Waals surface area contributed by atoms with Gasteiger partial charge in [0.25, 0.3) is 5.69 Å². The minimum absolute atomic E-state index is 0.108. The number of nitro benzene ring substituents is 1. The standard InChI is InChI=1S/C14H15N5O2/c1-9-6-11(2-3-13(9)19(20)21)17-14-16-7-10-4-5-15-8-12(10)18-14/h2-3,6-7,15H,4-5,8H2,1H3,(H,16,17,18). The summed E-state index contributed by atoms with van der Waals surface area (Å²) in [4.78, 5) is 19.2. The first-order chi connectivity index (χ1) is 10.1. The van der Waals surface area contributed by atoms with E-state index in [0.717, 1.165) is 30.9 Å². The van der Waals surface area contributed by atoms with E-state index in [1.54, 1.807) is 19.1 Å². The van der Waals surface area contributed by atoms with Crippen LogP contribution in [0.2, 0.25) is 0 Å². The number of hydrogen-bond acceptors (Lipinski definition) is 6. The molecule has 108 valence electrons. The van der Waals surface area contributed by atoms with Crippen molar-refractivity contribution in [1.29, 1.82) is 0 Å². The van der Waals surface area contributed by atoms with Gasteiger partial charge >= 0.3 is 0 Å². The summed E-state index contributed by atoms with van der Waals surface area (Å²) in [6, 6.07) is 4.86. The molecule has 1 aliphatic heterocycles. The Balaban J connectivity index is 1.83. The van der Waals surface area contributed by atoms with Gasteiger partial charge in [0.05, 0.1) is 10.6 Å². The Morgan fingerprint density at radius 3 is 3.05 bits per heavy atom. The molecule has 1 aliphatic rings. The molecule has 0 radical (unpaired) electrons. The van der Waals surface area contributed by atoms with E-state index in [1.165, 1.54) is 11.6 Å². The highest BCUT2D eigenvalue weighted by atomic mass is 16.6. The quantitative estimate of drug-likeness (QED) is 0.662. The summed E-state index contributed by atoms with van der Waals surface area (Å²) in [5.41, 5.74) is 3.61. The van der Waals surface area contributed by atoms with Crippen molar-refractivity contribution in [2.24, 2.45) is 0 Å². The third kappa shape index (κ3) is 2.82. The van der Waals surface area contributed by atoms with Crippen LogP contribution in [-0.4, -0.2) is 21.4 Å². The van der Waals surface area contributed by atoms with Crippen LogP contribution in [0.15, 0.2) is 24.4 Å². The number of benzene rings is 1. The first-order valence-corrected chi connectivity index (χ1v) is 6.71. The van der Waals surface area contributed by atoms with Gasteiger partial charge in [-0.2, -0.15) is 0 Å². The molecule has 7 heteroatoms. The Morgan fingerprint density at radius 2 is 2.29 bits per heavy atom. The molecular formula is C14H15N5O2. The van der Waals surface area contributed by atoms with Crippen molar-refractivity contribution >= 4 is 17.3 Å². The van der Waals surface area contributed by atoms with Crippen LogP contribution >= 0.6 is 0 Å². The van der Waals surface area contributed by atoms with Crippen LogP contribution in [0.1, 0.15) is 16.8 Å². The van der Waals surface area contributed by atoms with Crippen LogP contribution in [0.25, 0.3) is 0 Å². The number of nitrogens with one attached hydrogen (secondary N) is 2. The Labute approximate surface area is 121 Å². The molecule has 1 aromatic carbocycles. The van der Waals surface area contributed by atoms with Gasteiger partial charge in [0, 0.05) is 30.1 Å². The van der Waals surface area contributed by atoms with E-state index in [4.69, 9.17) is 0 Å². The second-order valence-electron chi connectivity index (χ2n) is 4.98. The summed E-state index contributed by atoms with van der Waals surface area (Å²) in [6.45, 7) is 3.40. The van der Waals surface area contributed by atoms with Crippen LogP contribution < -0.4 is 10.6 Å². The number of anilines is 2. The summed E-state index contributed by atoms with van der Waals surface area (Å²) < 4.78 is 0. The van der Waals surface area contributed by atoms with Gasteiger partial charge in [-0.1, -0.05) is 0 Å². The predicted octanol–water partition coefficient (Wildman–Crippen LogP) is 2.08. The average molecular weight is 285 g/mol. The Morgan fingerprint density at radius 1 is 1.43 bits per heavy atom. The number of hydrogen-bond donors (Lipinski definition) is 2. The fraction of sp³-hybridized carbons (Fsp3) is 0.286. The molecule has 0 atom stereocenters. The van der Waals surface area contributed by atoms with Crippen molar-refractivity contribution < 1.29 is 4.92 Å². The number of aromatic nitrogens is 2. The highest BCUT2D eigenvalue weighted by Gasteiger charge is 2.13. The van der Waals surface area contributed by atoms with E-state index in [9.17, 15) is 10.1 Å². The van der Waals surface area contributed by atoms with Crippen molar-refractivity contribution in [3.63, 3.8) is 0 Å². The van der Waals surface area contributed by atoms with E-state index >= 15 is 0 Å². The third-order valence-electron chi connectivity index (χ3n) is 3.47. The van der Waals surface area contributed by atoms with Crippen LogP contribution in [0, 0.1) is 17.0 Å². The van der Waals surface area contributed by atoms with Gasteiger partial charge in [0.2, 0.25) is 5.95 Å². The minimum atomic E-state index is -0.389. The first kappa shape index (κ1) is 13.4. The molecule has 0 aliphatic carbocycles. The van der Waals surface area contributed by atoms with Crippen molar-refractivity contribution in [2.75, 3.05) is 11.9 Å². The van der Waals surface area contributed by atoms with Crippen LogP contribution in [0.3, 0.4) is 0 Å². The van der Waals surface area contributed by atoms with Gasteiger partial charge < -0.3 is 10.6 Å². The second kappa shape index (κ2) is 5.45. The van der Waals surface area contributed by atoms with Crippen molar-refractivity contribution in [1.82, 2.24) is 15.3 Å². The van der Waals surface area contributed by atoms with E-state index in [1.807, 2.05) is 6.20 Å². The Hall–Kier alpha value is -2.54. The Kier molecular flexibility index (Phi) is 3.49. The SMILES string of the molecule is Cc1cc(Nc2ncc3c(n2)CNCC3)ccc1[N+](=O)[O-]. The molecule has 0 bridgehead atoms. The lowest BCUT2D eigenvalue weighted by Crippen LogP contribution is -2.25. The molecule has 7 nitrogen and oxygen atoms in total. The Bertz CT molecular complexity index is 702. The lowest BCUT2D eigenvalue weighted by molar-refractivity contribution is -0.385. The first-order valence-electron chi connectivity index (χ1n) is 6.71. The normalized spacial score (nSPS) is 13.6. The fourth-order valence-electron chi connectivity index (χ4n) is 2.36. The maximum Gasteiger partial charge on any atom is 0.272 e. The van der Waals surface area contributed by atoms with Gasteiger partial charge in [-0.15, -0.1) is 0 Å². The molecule has 3 rings (SSSR count). The van der Waals surface area contributed by atoms with Crippen molar-refractivity contribution in [3.8, 4) is 0 Å². The van der Waals surface area contributed by atoms with Gasteiger partial charge in [-0.25, -0.2) is 9.97 Å². The van der Waals surface area contributed by atoms with Crippen molar-refractivity contribution in [2.45, 2.75) is 19.9 Å². The fourth-order valence-corrected chi connectivity index (χ4v) is 2.36. The van der Waals surface area contributed by atoms with Crippen LogP contribution in [-0.2, 0) is 13.0 Å². The highest BCUT2D eigenvalue weighted by molar-refractivity contribution is 5.58. The smallest absolute Gasteiger partial charge is 0.272 e. The van der Waals surface area contributed by atoms with E-state index < -0.39 is 0 Å². The molecule has 0 fully saturated rings. The number of nitrogens with zero attached hydrogens (tertiary/aromatic N) is 3. The average Bonchev–Trinajstić information content (AvgIpc) is 2.47. The molecule has 2 aromatic rings. The van der Waals surface area contributed by atoms with E-state index in [0.29, 0.717) is 11.5 Å². The molecule has 21 heavy (non-hydrogen) atoms. The molecule has 0 saturated heterocycles. The summed E-state index contributed by atoms with van der Waals surface area (Å²) in [5.74, 6) is 0.505. The van der Waals surface area contributed by atoms with Gasteiger partial charge in [-0.3, -0.25) is 10.1 Å². The van der Waals surface area contributed by atoms with Gasteiger partial charge in [-0.05, 0) is 37.6 Å². The molecular weight excluding hydrogens is 270 g/mol. The zero-order valence-corrected chi connectivity index (χ0v) is 11.6. The molecule has 2 heterocycles. The molecule has 2 N–H and O–H groups in total. The number of nitro groups is 1. The summed E-state index contributed by atoms with van der Waals surface area (Å²) in [7, 11) is 0. The number of fused-ring (bicyclic) bond motifs is 1. The highest BCUT2D eigenvalue weighted by Crippen LogP contribution is 2.23. The molecule has 0 amide bonds. The van der Waals surface area contributed by atoms with E-state index in [2.05, 4.69) is 20.6 Å². The van der Waals surface area contributed by atoms with E-state index in [-0.39, 0.29) is 10.6 Å². The molecule has 0 saturated carbocycles. The number of aryl methyl sites for hydroxylation is 1. The topological polar surface area (TPSA) is 93.0 Å². The number of rotatable bonds is 3. The summed E-state index contributed by atoms with van der Waals surface area (Å²) >= 11 is 0. The zero-order chi connectivity index (χ0) is 14.8. The zero-order valence-electron chi connectivity index (χ0n) is 11.6. The monoisotopic (exact) mass is 285 g/mol. The molecule has 1 aromatic heterocycles. The summed E-state index contributed by atoms with van der Waals surface area (Å²) in [6.07, 6.45) is 2.77. The predicted molar refractivity (Wildman–Crippen MR) is 78.6 cm³/mol. The van der Waals surface area contributed by atoms with Crippen LogP contribution in [0.4, 0.5) is 17.3 Å². The lowest BCUT2D eigenvalue weighted by Gasteiger charge is -2.16. The largest absolute Gasteiger partial charge is 0.324 e. The maximum atomic E-state index is 10.8. The lowest BCUT2D eigenvalue weighted by atomic mass is 10.1.